The highest BCUT2D eigenvalue weighted by Crippen LogP contribution is 2.20. The molecule has 2 rings (SSSR count). The molecule has 2 aromatic rings. The van der Waals surface area contributed by atoms with Gasteiger partial charge in [-0.2, -0.15) is 4.68 Å². The van der Waals surface area contributed by atoms with E-state index < -0.39 is 6.10 Å². The number of aliphatic hydroxyl groups is 1. The Morgan fingerprint density at radius 3 is 2.72 bits per heavy atom. The number of benzene rings is 1. The smallest absolute Gasteiger partial charge is 0.214 e. The van der Waals surface area contributed by atoms with Crippen molar-refractivity contribution in [3.8, 4) is 11.4 Å². The summed E-state index contributed by atoms with van der Waals surface area (Å²) in [4.78, 5) is 0. The second-order valence-corrected chi connectivity index (χ2v) is 4.58. The average Bonchev–Trinajstić information content (AvgIpc) is 2.85. The molecule has 0 amide bonds. The van der Waals surface area contributed by atoms with E-state index in [-0.39, 0.29) is 12.3 Å². The van der Waals surface area contributed by atoms with Crippen molar-refractivity contribution in [2.24, 2.45) is 5.73 Å². The molecule has 0 saturated heterocycles. The molecule has 4 N–H and O–H groups in total. The van der Waals surface area contributed by atoms with Crippen LogP contribution in [0.1, 0.15) is 0 Å². The van der Waals surface area contributed by atoms with Crippen LogP contribution in [-0.4, -0.2) is 48.8 Å². The van der Waals surface area contributed by atoms with Crippen molar-refractivity contribution < 1.29 is 10.2 Å². The summed E-state index contributed by atoms with van der Waals surface area (Å²) in [6.07, 6.45) is -0.583. The molecular formula is C10H13N5O2S. The van der Waals surface area contributed by atoms with Crippen molar-refractivity contribution in [2.45, 2.75) is 11.3 Å². The Hall–Kier alpha value is -1.64. The van der Waals surface area contributed by atoms with E-state index in [1.807, 2.05) is 0 Å². The minimum Gasteiger partial charge on any atom is -0.508 e. The fourth-order valence-electron chi connectivity index (χ4n) is 1.26. The summed E-state index contributed by atoms with van der Waals surface area (Å²) < 4.78 is 1.54. The number of aromatic hydroxyl groups is 1. The minimum absolute atomic E-state index is 0.180. The van der Waals surface area contributed by atoms with Crippen molar-refractivity contribution in [3.05, 3.63) is 24.3 Å². The number of tetrazole rings is 1. The van der Waals surface area contributed by atoms with Crippen molar-refractivity contribution in [3.63, 3.8) is 0 Å². The number of aliphatic hydroxyl groups excluding tert-OH is 1. The standard InChI is InChI=1S/C10H13N5O2S/c11-5-9(17)6-18-10-12-13-14-15(10)7-1-3-8(16)4-2-7/h1-4,9,16-17H,5-6,11H2. The Morgan fingerprint density at radius 1 is 1.33 bits per heavy atom. The van der Waals surface area contributed by atoms with Gasteiger partial charge in [-0.25, -0.2) is 0 Å². The van der Waals surface area contributed by atoms with Gasteiger partial charge in [-0.05, 0) is 34.7 Å². The number of hydrogen-bond donors (Lipinski definition) is 3. The summed E-state index contributed by atoms with van der Waals surface area (Å²) in [5.41, 5.74) is 6.07. The normalized spacial score (nSPS) is 12.6. The molecule has 0 saturated carbocycles. The summed E-state index contributed by atoms with van der Waals surface area (Å²) in [5, 5.41) is 30.5. The molecule has 0 aliphatic carbocycles. The van der Waals surface area contributed by atoms with Crippen LogP contribution < -0.4 is 5.73 Å². The largest absolute Gasteiger partial charge is 0.508 e. The molecule has 0 spiro atoms. The second-order valence-electron chi connectivity index (χ2n) is 3.59. The van der Waals surface area contributed by atoms with Crippen molar-refractivity contribution >= 4 is 11.8 Å². The van der Waals surface area contributed by atoms with Crippen LogP contribution in [0, 0.1) is 0 Å². The molecule has 1 heterocycles. The first-order chi connectivity index (χ1) is 8.70. The predicted octanol–water partition coefficient (Wildman–Crippen LogP) is -0.220. The van der Waals surface area contributed by atoms with Crippen LogP contribution in [0.15, 0.2) is 29.4 Å². The first-order valence-electron chi connectivity index (χ1n) is 5.29. The molecule has 0 aliphatic heterocycles. The van der Waals surface area contributed by atoms with Crippen molar-refractivity contribution in [1.29, 1.82) is 0 Å². The molecule has 96 valence electrons. The van der Waals surface area contributed by atoms with E-state index >= 15 is 0 Å². The molecular weight excluding hydrogens is 254 g/mol. The Balaban J connectivity index is 2.14. The van der Waals surface area contributed by atoms with Gasteiger partial charge in [0.1, 0.15) is 5.75 Å². The molecule has 0 bridgehead atoms. The van der Waals surface area contributed by atoms with E-state index in [2.05, 4.69) is 15.5 Å². The Labute approximate surface area is 108 Å². The molecule has 1 aromatic heterocycles. The minimum atomic E-state index is -0.583. The third kappa shape index (κ3) is 2.97. The highest BCUT2D eigenvalue weighted by atomic mass is 32.2. The molecule has 1 aromatic carbocycles. The number of hydrogen-bond acceptors (Lipinski definition) is 7. The number of phenolic OH excluding ortho intramolecular Hbond substituents is 1. The van der Waals surface area contributed by atoms with Crippen LogP contribution in [0.4, 0.5) is 0 Å². The maximum atomic E-state index is 9.40. The number of thioether (sulfide) groups is 1. The highest BCUT2D eigenvalue weighted by Gasteiger charge is 2.11. The van der Waals surface area contributed by atoms with E-state index in [1.165, 1.54) is 16.4 Å². The zero-order valence-corrected chi connectivity index (χ0v) is 10.3. The lowest BCUT2D eigenvalue weighted by molar-refractivity contribution is 0.208. The fourth-order valence-corrected chi connectivity index (χ4v) is 2.10. The lowest BCUT2D eigenvalue weighted by atomic mass is 10.3. The van der Waals surface area contributed by atoms with Gasteiger partial charge in [-0.1, -0.05) is 11.8 Å². The number of phenols is 1. The average molecular weight is 267 g/mol. The third-order valence-corrected chi connectivity index (χ3v) is 3.28. The first-order valence-corrected chi connectivity index (χ1v) is 6.28. The molecule has 1 atom stereocenters. The van der Waals surface area contributed by atoms with Gasteiger partial charge in [-0.15, -0.1) is 5.10 Å². The summed E-state index contributed by atoms with van der Waals surface area (Å²) >= 11 is 1.32. The van der Waals surface area contributed by atoms with Crippen molar-refractivity contribution in [2.75, 3.05) is 12.3 Å². The zero-order chi connectivity index (χ0) is 13.0. The topological polar surface area (TPSA) is 110 Å². The summed E-state index contributed by atoms with van der Waals surface area (Å²) in [5.74, 6) is 0.606. The van der Waals surface area contributed by atoms with Gasteiger partial charge in [0, 0.05) is 12.3 Å². The Bertz CT molecular complexity index is 501. The SMILES string of the molecule is NCC(O)CSc1nnnn1-c1ccc(O)cc1. The molecule has 8 heteroatoms. The first kappa shape index (κ1) is 12.8. The maximum absolute atomic E-state index is 9.40. The van der Waals surface area contributed by atoms with Gasteiger partial charge in [0.05, 0.1) is 11.8 Å². The van der Waals surface area contributed by atoms with E-state index in [1.54, 1.807) is 24.3 Å². The quantitative estimate of drug-likeness (QED) is 0.642. The Kier molecular flexibility index (Phi) is 4.13. The predicted molar refractivity (Wildman–Crippen MR) is 66.6 cm³/mol. The van der Waals surface area contributed by atoms with E-state index in [0.29, 0.717) is 10.9 Å². The van der Waals surface area contributed by atoms with Gasteiger partial charge in [0.2, 0.25) is 5.16 Å². The van der Waals surface area contributed by atoms with E-state index in [0.717, 1.165) is 5.69 Å². The third-order valence-electron chi connectivity index (χ3n) is 2.21. The summed E-state index contributed by atoms with van der Waals surface area (Å²) in [6.45, 7) is 0.202. The Morgan fingerprint density at radius 2 is 2.06 bits per heavy atom. The van der Waals surface area contributed by atoms with Crippen LogP contribution in [-0.2, 0) is 0 Å². The van der Waals surface area contributed by atoms with Crippen molar-refractivity contribution in [1.82, 2.24) is 20.2 Å². The van der Waals surface area contributed by atoms with E-state index in [4.69, 9.17) is 5.73 Å². The van der Waals surface area contributed by atoms with Crippen LogP contribution in [0.5, 0.6) is 5.75 Å². The van der Waals surface area contributed by atoms with Gasteiger partial charge in [0.25, 0.3) is 0 Å². The monoisotopic (exact) mass is 267 g/mol. The number of nitrogens with zero attached hydrogens (tertiary/aromatic N) is 4. The summed E-state index contributed by atoms with van der Waals surface area (Å²) in [7, 11) is 0. The van der Waals surface area contributed by atoms with E-state index in [9.17, 15) is 10.2 Å². The van der Waals surface area contributed by atoms with Crippen LogP contribution in [0.3, 0.4) is 0 Å². The lowest BCUT2D eigenvalue weighted by Crippen LogP contribution is -2.22. The number of nitrogens with two attached hydrogens (primary N) is 1. The molecule has 0 aliphatic rings. The highest BCUT2D eigenvalue weighted by molar-refractivity contribution is 7.99. The molecule has 18 heavy (non-hydrogen) atoms. The molecule has 1 unspecified atom stereocenters. The fraction of sp³-hybridized carbons (Fsp3) is 0.300. The molecule has 0 radical (unpaired) electrons. The van der Waals surface area contributed by atoms with Crippen LogP contribution >= 0.6 is 11.8 Å². The van der Waals surface area contributed by atoms with Gasteiger partial charge < -0.3 is 15.9 Å². The molecule has 7 nitrogen and oxygen atoms in total. The zero-order valence-electron chi connectivity index (χ0n) is 9.47. The molecule has 0 fully saturated rings. The van der Waals surface area contributed by atoms with Gasteiger partial charge in [-0.3, -0.25) is 0 Å². The van der Waals surface area contributed by atoms with Gasteiger partial charge >= 0.3 is 0 Å². The van der Waals surface area contributed by atoms with Gasteiger partial charge in [0.15, 0.2) is 0 Å². The summed E-state index contributed by atoms with van der Waals surface area (Å²) in [6, 6.07) is 6.52. The maximum Gasteiger partial charge on any atom is 0.214 e. The van der Waals surface area contributed by atoms with Crippen LogP contribution in [0.2, 0.25) is 0 Å². The van der Waals surface area contributed by atoms with Crippen LogP contribution in [0.25, 0.3) is 5.69 Å². The number of aromatic nitrogens is 4. The second kappa shape index (κ2) is 5.80. The lowest BCUT2D eigenvalue weighted by Gasteiger charge is -2.07. The number of rotatable bonds is 5.